The molecule has 0 bridgehead atoms. The van der Waals surface area contributed by atoms with Gasteiger partial charge in [-0.2, -0.15) is 4.98 Å². The summed E-state index contributed by atoms with van der Waals surface area (Å²) in [5.41, 5.74) is 1.13. The lowest BCUT2D eigenvalue weighted by Crippen LogP contribution is -2.47. The summed E-state index contributed by atoms with van der Waals surface area (Å²) in [7, 11) is 0. The third-order valence-electron chi connectivity index (χ3n) is 4.40. The van der Waals surface area contributed by atoms with Gasteiger partial charge in [-0.15, -0.1) is 0 Å². The molecular formula is C18H25ClN4O. The first-order valence-electron chi connectivity index (χ1n) is 8.64. The number of piperazine rings is 1. The molecule has 1 aromatic carbocycles. The summed E-state index contributed by atoms with van der Waals surface area (Å²) >= 11 is 5.91. The molecule has 24 heavy (non-hydrogen) atoms. The zero-order chi connectivity index (χ0) is 16.9. The normalized spacial score (nSPS) is 16.1. The van der Waals surface area contributed by atoms with E-state index in [4.69, 9.17) is 16.1 Å². The van der Waals surface area contributed by atoms with Gasteiger partial charge in [0, 0.05) is 37.6 Å². The van der Waals surface area contributed by atoms with Crippen molar-refractivity contribution < 1.29 is 4.52 Å². The van der Waals surface area contributed by atoms with Gasteiger partial charge in [0.1, 0.15) is 0 Å². The maximum absolute atomic E-state index is 5.91. The number of anilines is 1. The van der Waals surface area contributed by atoms with Crippen molar-refractivity contribution in [3.05, 3.63) is 40.7 Å². The maximum Gasteiger partial charge on any atom is 0.324 e. The van der Waals surface area contributed by atoms with Gasteiger partial charge in [-0.25, -0.2) is 0 Å². The zero-order valence-electron chi connectivity index (χ0n) is 14.4. The van der Waals surface area contributed by atoms with Crippen LogP contribution in [0, 0.1) is 5.92 Å². The second-order valence-corrected chi connectivity index (χ2v) is 7.24. The Morgan fingerprint density at radius 3 is 2.50 bits per heavy atom. The molecule has 1 saturated heterocycles. The number of aromatic nitrogens is 2. The summed E-state index contributed by atoms with van der Waals surface area (Å²) < 4.78 is 5.45. The van der Waals surface area contributed by atoms with Crippen molar-refractivity contribution in [2.24, 2.45) is 5.92 Å². The van der Waals surface area contributed by atoms with Gasteiger partial charge in [0.15, 0.2) is 5.82 Å². The summed E-state index contributed by atoms with van der Waals surface area (Å²) in [5.74, 6) is 1.48. The summed E-state index contributed by atoms with van der Waals surface area (Å²) in [6.45, 7) is 9.73. The summed E-state index contributed by atoms with van der Waals surface area (Å²) in [4.78, 5) is 9.25. The van der Waals surface area contributed by atoms with Crippen molar-refractivity contribution in [3.8, 4) is 0 Å². The summed E-state index contributed by atoms with van der Waals surface area (Å²) in [6, 6.07) is 8.39. The lowest BCUT2D eigenvalue weighted by molar-refractivity contribution is 0.237. The van der Waals surface area contributed by atoms with E-state index in [1.165, 1.54) is 13.0 Å². The molecule has 0 N–H and O–H groups in total. The number of hydrogen-bond acceptors (Lipinski definition) is 5. The molecule has 1 aromatic heterocycles. The van der Waals surface area contributed by atoms with Crippen LogP contribution in [-0.2, 0) is 6.42 Å². The van der Waals surface area contributed by atoms with E-state index in [1.807, 2.05) is 24.3 Å². The number of hydrogen-bond donors (Lipinski definition) is 0. The van der Waals surface area contributed by atoms with Gasteiger partial charge >= 0.3 is 6.01 Å². The summed E-state index contributed by atoms with van der Waals surface area (Å²) in [6.07, 6.45) is 1.92. The molecule has 1 aliphatic heterocycles. The van der Waals surface area contributed by atoms with Crippen LogP contribution >= 0.6 is 11.6 Å². The van der Waals surface area contributed by atoms with E-state index in [0.717, 1.165) is 48.5 Å². The van der Waals surface area contributed by atoms with Crippen LogP contribution in [-0.4, -0.2) is 47.8 Å². The highest BCUT2D eigenvalue weighted by atomic mass is 35.5. The van der Waals surface area contributed by atoms with Crippen LogP contribution in [0.1, 0.15) is 31.7 Å². The lowest BCUT2D eigenvalue weighted by atomic mass is 10.1. The smallest absolute Gasteiger partial charge is 0.322 e. The maximum atomic E-state index is 5.91. The molecule has 2 heterocycles. The molecule has 0 aliphatic carbocycles. The third-order valence-corrected chi connectivity index (χ3v) is 4.65. The van der Waals surface area contributed by atoms with Crippen molar-refractivity contribution in [2.75, 3.05) is 37.6 Å². The molecule has 0 spiro atoms. The Kier molecular flexibility index (Phi) is 5.74. The first-order valence-corrected chi connectivity index (χ1v) is 9.02. The van der Waals surface area contributed by atoms with Crippen molar-refractivity contribution in [1.82, 2.24) is 15.0 Å². The van der Waals surface area contributed by atoms with E-state index in [0.29, 0.717) is 12.4 Å². The highest BCUT2D eigenvalue weighted by Crippen LogP contribution is 2.17. The molecule has 0 saturated carbocycles. The Balaban J connectivity index is 1.52. The van der Waals surface area contributed by atoms with Gasteiger partial charge in [-0.3, -0.25) is 4.90 Å². The number of halogens is 1. The first-order chi connectivity index (χ1) is 11.6. The average Bonchev–Trinajstić information content (AvgIpc) is 3.04. The molecular weight excluding hydrogens is 324 g/mol. The summed E-state index contributed by atoms with van der Waals surface area (Å²) in [5, 5.41) is 4.85. The van der Waals surface area contributed by atoms with Gasteiger partial charge in [-0.05, 0) is 36.6 Å². The van der Waals surface area contributed by atoms with Gasteiger partial charge in [-0.1, -0.05) is 42.7 Å². The molecule has 6 heteroatoms. The molecule has 0 atom stereocenters. The van der Waals surface area contributed by atoms with Crippen molar-refractivity contribution >= 4 is 17.6 Å². The van der Waals surface area contributed by atoms with Gasteiger partial charge in [0.05, 0.1) is 0 Å². The number of benzene rings is 1. The monoisotopic (exact) mass is 348 g/mol. The van der Waals surface area contributed by atoms with Crippen LogP contribution < -0.4 is 4.90 Å². The van der Waals surface area contributed by atoms with Crippen LogP contribution in [0.15, 0.2) is 28.8 Å². The fraction of sp³-hybridized carbons (Fsp3) is 0.556. The minimum Gasteiger partial charge on any atom is -0.322 e. The molecule has 130 valence electrons. The predicted molar refractivity (Wildman–Crippen MR) is 96.7 cm³/mol. The van der Waals surface area contributed by atoms with E-state index in [2.05, 4.69) is 33.8 Å². The Labute approximate surface area is 148 Å². The SMILES string of the molecule is CC(C)CCN1CCN(c2nc(Cc3ccc(Cl)cc3)no2)CC1. The Hall–Kier alpha value is -1.59. The average molecular weight is 349 g/mol. The fourth-order valence-corrected chi connectivity index (χ4v) is 2.96. The quantitative estimate of drug-likeness (QED) is 0.799. The van der Waals surface area contributed by atoms with Crippen LogP contribution in [0.25, 0.3) is 0 Å². The predicted octanol–water partition coefficient (Wildman–Crippen LogP) is 3.48. The van der Waals surface area contributed by atoms with E-state index in [-0.39, 0.29) is 0 Å². The molecule has 0 amide bonds. The van der Waals surface area contributed by atoms with E-state index in [9.17, 15) is 0 Å². The van der Waals surface area contributed by atoms with Crippen molar-refractivity contribution in [3.63, 3.8) is 0 Å². The van der Waals surface area contributed by atoms with E-state index < -0.39 is 0 Å². The molecule has 0 unspecified atom stereocenters. The largest absolute Gasteiger partial charge is 0.324 e. The van der Waals surface area contributed by atoms with E-state index in [1.54, 1.807) is 0 Å². The van der Waals surface area contributed by atoms with Crippen LogP contribution in [0.5, 0.6) is 0 Å². The highest BCUT2D eigenvalue weighted by molar-refractivity contribution is 6.30. The molecule has 2 aromatic rings. The van der Waals surface area contributed by atoms with Crippen LogP contribution in [0.3, 0.4) is 0 Å². The van der Waals surface area contributed by atoms with Crippen molar-refractivity contribution in [1.29, 1.82) is 0 Å². The Bertz CT molecular complexity index is 633. The molecule has 0 radical (unpaired) electrons. The van der Waals surface area contributed by atoms with Crippen LogP contribution in [0.2, 0.25) is 5.02 Å². The molecule has 1 aliphatic rings. The fourth-order valence-electron chi connectivity index (χ4n) is 2.83. The molecule has 1 fully saturated rings. The Morgan fingerprint density at radius 1 is 1.12 bits per heavy atom. The second kappa shape index (κ2) is 7.99. The number of rotatable bonds is 6. The molecule has 5 nitrogen and oxygen atoms in total. The Morgan fingerprint density at radius 2 is 1.83 bits per heavy atom. The molecule has 3 rings (SSSR count). The van der Waals surface area contributed by atoms with Crippen LogP contribution in [0.4, 0.5) is 6.01 Å². The first kappa shape index (κ1) is 17.2. The van der Waals surface area contributed by atoms with Gasteiger partial charge < -0.3 is 9.42 Å². The minimum atomic E-state index is 0.641. The number of nitrogens with zero attached hydrogens (tertiary/aromatic N) is 4. The zero-order valence-corrected chi connectivity index (χ0v) is 15.2. The lowest BCUT2D eigenvalue weighted by Gasteiger charge is -2.33. The van der Waals surface area contributed by atoms with E-state index >= 15 is 0 Å². The standard InChI is InChI=1S/C18H25ClN4O/c1-14(2)7-8-22-9-11-23(12-10-22)18-20-17(21-24-18)13-15-3-5-16(19)6-4-15/h3-6,14H,7-13H2,1-2H3. The van der Waals surface area contributed by atoms with Gasteiger partial charge in [0.2, 0.25) is 0 Å². The highest BCUT2D eigenvalue weighted by Gasteiger charge is 2.21. The topological polar surface area (TPSA) is 45.4 Å². The van der Waals surface area contributed by atoms with Crippen molar-refractivity contribution in [2.45, 2.75) is 26.7 Å². The minimum absolute atomic E-state index is 0.641. The van der Waals surface area contributed by atoms with Gasteiger partial charge in [0.25, 0.3) is 0 Å². The second-order valence-electron chi connectivity index (χ2n) is 6.81. The third kappa shape index (κ3) is 4.71.